The summed E-state index contributed by atoms with van der Waals surface area (Å²) in [6, 6.07) is 16.6. The molecule has 0 saturated heterocycles. The maximum Gasteiger partial charge on any atom is 0.121 e. The minimum absolute atomic E-state index is 0.116. The van der Waals surface area contributed by atoms with Crippen LogP contribution in [0.3, 0.4) is 0 Å². The van der Waals surface area contributed by atoms with Gasteiger partial charge < -0.3 is 14.8 Å². The first-order chi connectivity index (χ1) is 10.4. The van der Waals surface area contributed by atoms with E-state index in [1.807, 2.05) is 25.1 Å². The van der Waals surface area contributed by atoms with Gasteiger partial charge in [0.25, 0.3) is 0 Å². The maximum atomic E-state index is 5.91. The summed E-state index contributed by atoms with van der Waals surface area (Å²) in [6.07, 6.45) is 1.12. The van der Waals surface area contributed by atoms with Crippen LogP contribution in [0.15, 0.2) is 48.5 Å². The molecule has 21 heavy (non-hydrogen) atoms. The third-order valence-corrected chi connectivity index (χ3v) is 3.73. The normalized spacial score (nSPS) is 17.1. The lowest BCUT2D eigenvalue weighted by molar-refractivity contribution is 0.0513. The van der Waals surface area contributed by atoms with Crippen LogP contribution < -0.4 is 10.1 Å². The zero-order valence-corrected chi connectivity index (χ0v) is 12.3. The van der Waals surface area contributed by atoms with E-state index in [1.54, 1.807) is 0 Å². The molecule has 1 aliphatic heterocycles. The Morgan fingerprint density at radius 1 is 1.19 bits per heavy atom. The number of hydrogen-bond acceptors (Lipinski definition) is 3. The number of anilines is 1. The van der Waals surface area contributed by atoms with Crippen molar-refractivity contribution in [2.24, 2.45) is 0 Å². The van der Waals surface area contributed by atoms with E-state index in [1.165, 1.54) is 11.1 Å². The fraction of sp³-hybridized carbons (Fsp3) is 0.333. The summed E-state index contributed by atoms with van der Waals surface area (Å²) in [7, 11) is 0. The third kappa shape index (κ3) is 3.37. The Balaban J connectivity index is 1.67. The molecule has 0 radical (unpaired) electrons. The second-order valence-corrected chi connectivity index (χ2v) is 5.15. The van der Waals surface area contributed by atoms with Crippen LogP contribution >= 0.6 is 0 Å². The van der Waals surface area contributed by atoms with Crippen molar-refractivity contribution in [1.29, 1.82) is 0 Å². The molecule has 0 fully saturated rings. The molecule has 1 unspecified atom stereocenters. The standard InChI is InChI=1S/C18H21NO2/c1-2-20-16-8-5-7-15(12-16)19-13-18-17-9-4-3-6-14(17)10-11-21-18/h3-9,12,18-19H,2,10-11,13H2,1H3. The van der Waals surface area contributed by atoms with Crippen molar-refractivity contribution in [3.05, 3.63) is 59.7 Å². The van der Waals surface area contributed by atoms with Crippen molar-refractivity contribution < 1.29 is 9.47 Å². The maximum absolute atomic E-state index is 5.91. The van der Waals surface area contributed by atoms with Gasteiger partial charge in [-0.25, -0.2) is 0 Å². The summed E-state index contributed by atoms with van der Waals surface area (Å²) >= 11 is 0. The Hall–Kier alpha value is -2.00. The zero-order valence-electron chi connectivity index (χ0n) is 12.3. The largest absolute Gasteiger partial charge is 0.494 e. The summed E-state index contributed by atoms with van der Waals surface area (Å²) in [5.41, 5.74) is 3.77. The number of fused-ring (bicyclic) bond motifs is 1. The van der Waals surface area contributed by atoms with Crippen LogP contribution in [0.1, 0.15) is 24.2 Å². The fourth-order valence-corrected chi connectivity index (χ4v) is 2.72. The second kappa shape index (κ2) is 6.64. The predicted octanol–water partition coefficient (Wildman–Crippen LogP) is 3.81. The monoisotopic (exact) mass is 283 g/mol. The van der Waals surface area contributed by atoms with Gasteiger partial charge in [-0.1, -0.05) is 30.3 Å². The highest BCUT2D eigenvalue weighted by Crippen LogP contribution is 2.27. The van der Waals surface area contributed by atoms with Gasteiger partial charge >= 0.3 is 0 Å². The lowest BCUT2D eigenvalue weighted by atomic mass is 9.97. The molecule has 1 N–H and O–H groups in total. The Morgan fingerprint density at radius 3 is 3.00 bits per heavy atom. The van der Waals surface area contributed by atoms with Crippen molar-refractivity contribution >= 4 is 5.69 Å². The van der Waals surface area contributed by atoms with E-state index in [2.05, 4.69) is 35.6 Å². The minimum atomic E-state index is 0.116. The van der Waals surface area contributed by atoms with Crippen molar-refractivity contribution in [3.8, 4) is 5.75 Å². The molecule has 2 aromatic carbocycles. The molecular weight excluding hydrogens is 262 g/mol. The fourth-order valence-electron chi connectivity index (χ4n) is 2.72. The van der Waals surface area contributed by atoms with Crippen molar-refractivity contribution in [2.75, 3.05) is 25.1 Å². The molecule has 1 atom stereocenters. The molecule has 0 bridgehead atoms. The topological polar surface area (TPSA) is 30.5 Å². The predicted molar refractivity (Wildman–Crippen MR) is 84.9 cm³/mol. The van der Waals surface area contributed by atoms with E-state index in [0.717, 1.165) is 31.0 Å². The number of rotatable bonds is 5. The Morgan fingerprint density at radius 2 is 2.10 bits per heavy atom. The average Bonchev–Trinajstić information content (AvgIpc) is 2.53. The van der Waals surface area contributed by atoms with Gasteiger partial charge in [0.05, 0.1) is 19.3 Å². The molecule has 3 nitrogen and oxygen atoms in total. The first kappa shape index (κ1) is 14.0. The van der Waals surface area contributed by atoms with Gasteiger partial charge in [0.2, 0.25) is 0 Å². The van der Waals surface area contributed by atoms with Crippen LogP contribution in [-0.4, -0.2) is 19.8 Å². The van der Waals surface area contributed by atoms with Gasteiger partial charge in [0, 0.05) is 18.3 Å². The van der Waals surface area contributed by atoms with E-state index in [0.29, 0.717) is 6.61 Å². The molecular formula is C18H21NO2. The summed E-state index contributed by atoms with van der Waals surface area (Å²) < 4.78 is 11.4. The molecule has 2 aromatic rings. The first-order valence-electron chi connectivity index (χ1n) is 7.53. The average molecular weight is 283 g/mol. The number of nitrogens with one attached hydrogen (secondary N) is 1. The zero-order chi connectivity index (χ0) is 14.5. The highest BCUT2D eigenvalue weighted by atomic mass is 16.5. The van der Waals surface area contributed by atoms with E-state index in [4.69, 9.17) is 9.47 Å². The van der Waals surface area contributed by atoms with Crippen LogP contribution in [0.2, 0.25) is 0 Å². The molecule has 1 heterocycles. The van der Waals surface area contributed by atoms with Crippen molar-refractivity contribution in [3.63, 3.8) is 0 Å². The number of ether oxygens (including phenoxy) is 2. The Bertz CT molecular complexity index is 597. The van der Waals surface area contributed by atoms with Gasteiger partial charge in [-0.05, 0) is 36.6 Å². The van der Waals surface area contributed by atoms with Crippen molar-refractivity contribution in [1.82, 2.24) is 0 Å². The van der Waals surface area contributed by atoms with Crippen LogP contribution in [0.5, 0.6) is 5.75 Å². The molecule has 1 aliphatic rings. The van der Waals surface area contributed by atoms with E-state index >= 15 is 0 Å². The number of hydrogen-bond donors (Lipinski definition) is 1. The van der Waals surface area contributed by atoms with Gasteiger partial charge in [-0.3, -0.25) is 0 Å². The van der Waals surface area contributed by atoms with Crippen LogP contribution in [0, 0.1) is 0 Å². The van der Waals surface area contributed by atoms with Crippen LogP contribution in [0.4, 0.5) is 5.69 Å². The summed E-state index contributed by atoms with van der Waals surface area (Å²) in [6.45, 7) is 4.24. The third-order valence-electron chi connectivity index (χ3n) is 3.73. The molecule has 0 aliphatic carbocycles. The van der Waals surface area contributed by atoms with Gasteiger partial charge in [0.1, 0.15) is 5.75 Å². The molecule has 0 amide bonds. The highest BCUT2D eigenvalue weighted by Gasteiger charge is 2.19. The molecule has 3 rings (SSSR count). The van der Waals surface area contributed by atoms with E-state index < -0.39 is 0 Å². The lowest BCUT2D eigenvalue weighted by Crippen LogP contribution is -2.22. The van der Waals surface area contributed by atoms with Crippen LogP contribution in [0.25, 0.3) is 0 Å². The Kier molecular flexibility index (Phi) is 4.41. The lowest BCUT2D eigenvalue weighted by Gasteiger charge is -2.26. The van der Waals surface area contributed by atoms with E-state index in [-0.39, 0.29) is 6.10 Å². The van der Waals surface area contributed by atoms with Gasteiger partial charge in [-0.2, -0.15) is 0 Å². The molecule has 110 valence electrons. The summed E-state index contributed by atoms with van der Waals surface area (Å²) in [4.78, 5) is 0. The second-order valence-electron chi connectivity index (χ2n) is 5.15. The minimum Gasteiger partial charge on any atom is -0.494 e. The summed E-state index contributed by atoms with van der Waals surface area (Å²) in [5.74, 6) is 0.896. The van der Waals surface area contributed by atoms with Crippen LogP contribution in [-0.2, 0) is 11.2 Å². The highest BCUT2D eigenvalue weighted by molar-refractivity contribution is 5.48. The van der Waals surface area contributed by atoms with Gasteiger partial charge in [0.15, 0.2) is 0 Å². The molecule has 3 heteroatoms. The molecule has 0 saturated carbocycles. The quantitative estimate of drug-likeness (QED) is 0.905. The smallest absolute Gasteiger partial charge is 0.121 e. The van der Waals surface area contributed by atoms with E-state index in [9.17, 15) is 0 Å². The van der Waals surface area contributed by atoms with Gasteiger partial charge in [-0.15, -0.1) is 0 Å². The SMILES string of the molecule is CCOc1cccc(NCC2OCCc3ccccc32)c1. The molecule has 0 spiro atoms. The first-order valence-corrected chi connectivity index (χ1v) is 7.53. The summed E-state index contributed by atoms with van der Waals surface area (Å²) in [5, 5.41) is 3.45. The van der Waals surface area contributed by atoms with Crippen molar-refractivity contribution in [2.45, 2.75) is 19.4 Å². The molecule has 0 aromatic heterocycles. The number of benzene rings is 2. The Labute approximate surface area is 125 Å².